The summed E-state index contributed by atoms with van der Waals surface area (Å²) in [5, 5.41) is 9.45. The van der Waals surface area contributed by atoms with Crippen molar-refractivity contribution in [2.45, 2.75) is 57.0 Å². The number of amides is 1. The topological polar surface area (TPSA) is 60.3 Å². The average molecular weight is 437 g/mol. The van der Waals surface area contributed by atoms with Crippen LogP contribution in [0, 0.1) is 0 Å². The van der Waals surface area contributed by atoms with Gasteiger partial charge in [-0.1, -0.05) is 48.2 Å². The van der Waals surface area contributed by atoms with Gasteiger partial charge in [-0.25, -0.2) is 0 Å². The Hall–Kier alpha value is -2.80. The summed E-state index contributed by atoms with van der Waals surface area (Å²) in [4.78, 5) is 15.0. The molecular formula is C24H28N4O2S. The minimum absolute atomic E-state index is 0.161. The zero-order valence-corrected chi connectivity index (χ0v) is 18.8. The second-order valence-corrected chi connectivity index (χ2v) is 8.83. The Morgan fingerprint density at radius 1 is 1.00 bits per heavy atom. The molecule has 7 heteroatoms. The van der Waals surface area contributed by atoms with E-state index in [9.17, 15) is 4.79 Å². The summed E-state index contributed by atoms with van der Waals surface area (Å²) >= 11 is 1.43. The predicted molar refractivity (Wildman–Crippen MR) is 122 cm³/mol. The normalized spacial score (nSPS) is 18.7. The molecule has 0 N–H and O–H groups in total. The molecule has 31 heavy (non-hydrogen) atoms. The van der Waals surface area contributed by atoms with Crippen LogP contribution in [0.3, 0.4) is 0 Å². The fraction of sp³-hybridized carbons (Fsp3) is 0.375. The van der Waals surface area contributed by atoms with Gasteiger partial charge in [-0.3, -0.25) is 9.36 Å². The molecule has 0 unspecified atom stereocenters. The van der Waals surface area contributed by atoms with Crippen LogP contribution in [-0.4, -0.2) is 43.4 Å². The van der Waals surface area contributed by atoms with E-state index in [0.717, 1.165) is 24.3 Å². The third-order valence-electron chi connectivity index (χ3n) is 5.63. The summed E-state index contributed by atoms with van der Waals surface area (Å²) in [6.07, 6.45) is 3.33. The number of para-hydroxylation sites is 2. The Balaban J connectivity index is 1.52. The molecule has 1 aromatic heterocycles. The van der Waals surface area contributed by atoms with Gasteiger partial charge in [0.25, 0.3) is 0 Å². The number of hydrogen-bond donors (Lipinski definition) is 0. The first-order chi connectivity index (χ1) is 15.1. The largest absolute Gasteiger partial charge is 0.486 e. The molecule has 0 radical (unpaired) electrons. The molecule has 2 atom stereocenters. The molecule has 1 saturated heterocycles. The molecule has 4 rings (SSSR count). The number of nitrogens with zero attached hydrogens (tertiary/aromatic N) is 4. The highest BCUT2D eigenvalue weighted by molar-refractivity contribution is 7.99. The molecule has 0 aliphatic carbocycles. The standard InChI is InChI=1S/C24H28N4O2S/c1-18-10-9-11-19(2)27(18)23(29)17-31-24-26-25-22(16-30-21-14-7-4-8-15-21)28(24)20-12-5-3-6-13-20/h3-8,12-15,18-19H,9-11,16-17H2,1-2H3/t18-,19+. The highest BCUT2D eigenvalue weighted by Crippen LogP contribution is 2.27. The Bertz CT molecular complexity index is 983. The molecular weight excluding hydrogens is 408 g/mol. The maximum Gasteiger partial charge on any atom is 0.233 e. The number of benzene rings is 2. The lowest BCUT2D eigenvalue weighted by atomic mass is 9.98. The second-order valence-electron chi connectivity index (χ2n) is 7.89. The number of aromatic nitrogens is 3. The number of likely N-dealkylation sites (tertiary alicyclic amines) is 1. The minimum Gasteiger partial charge on any atom is -0.486 e. The molecule has 2 heterocycles. The van der Waals surface area contributed by atoms with Crippen LogP contribution in [0.4, 0.5) is 0 Å². The SMILES string of the molecule is C[C@@H]1CCC[C@H](C)N1C(=O)CSc1nnc(COc2ccccc2)n1-c1ccccc1. The van der Waals surface area contributed by atoms with E-state index in [-0.39, 0.29) is 5.91 Å². The van der Waals surface area contributed by atoms with Gasteiger partial charge >= 0.3 is 0 Å². The van der Waals surface area contributed by atoms with Gasteiger partial charge in [0.05, 0.1) is 5.75 Å². The van der Waals surface area contributed by atoms with Crippen LogP contribution in [0.25, 0.3) is 5.69 Å². The van der Waals surface area contributed by atoms with E-state index in [1.807, 2.05) is 70.1 Å². The average Bonchev–Trinajstić information content (AvgIpc) is 3.20. The molecule has 1 aliphatic rings. The van der Waals surface area contributed by atoms with Crippen molar-refractivity contribution < 1.29 is 9.53 Å². The number of hydrogen-bond acceptors (Lipinski definition) is 5. The Labute approximate surface area is 187 Å². The van der Waals surface area contributed by atoms with Crippen LogP contribution in [0.2, 0.25) is 0 Å². The Morgan fingerprint density at radius 3 is 2.32 bits per heavy atom. The van der Waals surface area contributed by atoms with Crippen molar-refractivity contribution in [2.24, 2.45) is 0 Å². The lowest BCUT2D eigenvalue weighted by molar-refractivity contribution is -0.134. The van der Waals surface area contributed by atoms with Crippen LogP contribution >= 0.6 is 11.8 Å². The molecule has 6 nitrogen and oxygen atoms in total. The van der Waals surface area contributed by atoms with E-state index < -0.39 is 0 Å². The highest BCUT2D eigenvalue weighted by atomic mass is 32.2. The first-order valence-electron chi connectivity index (χ1n) is 10.7. The van der Waals surface area contributed by atoms with Gasteiger partial charge in [0, 0.05) is 17.8 Å². The molecule has 0 bridgehead atoms. The van der Waals surface area contributed by atoms with Gasteiger partial charge < -0.3 is 9.64 Å². The van der Waals surface area contributed by atoms with Gasteiger partial charge in [-0.2, -0.15) is 0 Å². The third kappa shape index (κ3) is 5.10. The Kier molecular flexibility index (Phi) is 6.92. The fourth-order valence-corrected chi connectivity index (χ4v) is 4.94. The van der Waals surface area contributed by atoms with Gasteiger partial charge in [0.2, 0.25) is 5.91 Å². The van der Waals surface area contributed by atoms with E-state index in [4.69, 9.17) is 4.74 Å². The van der Waals surface area contributed by atoms with Crippen LogP contribution in [0.5, 0.6) is 5.75 Å². The summed E-state index contributed by atoms with van der Waals surface area (Å²) in [6.45, 7) is 4.58. The van der Waals surface area contributed by atoms with Gasteiger partial charge in [0.1, 0.15) is 12.4 Å². The Morgan fingerprint density at radius 2 is 1.65 bits per heavy atom. The van der Waals surface area contributed by atoms with Crippen molar-refractivity contribution in [1.82, 2.24) is 19.7 Å². The summed E-state index contributed by atoms with van der Waals surface area (Å²) in [7, 11) is 0. The van der Waals surface area contributed by atoms with Gasteiger partial charge in [0.15, 0.2) is 11.0 Å². The third-order valence-corrected chi connectivity index (χ3v) is 6.55. The van der Waals surface area contributed by atoms with Crippen LogP contribution < -0.4 is 4.74 Å². The molecule has 3 aromatic rings. The van der Waals surface area contributed by atoms with E-state index in [0.29, 0.717) is 35.4 Å². The van der Waals surface area contributed by atoms with Crippen LogP contribution in [-0.2, 0) is 11.4 Å². The van der Waals surface area contributed by atoms with Crippen molar-refractivity contribution in [3.8, 4) is 11.4 Å². The minimum atomic E-state index is 0.161. The molecule has 162 valence electrons. The quantitative estimate of drug-likeness (QED) is 0.501. The van der Waals surface area contributed by atoms with E-state index in [1.54, 1.807) is 0 Å². The van der Waals surface area contributed by atoms with Crippen LogP contribution in [0.1, 0.15) is 38.9 Å². The van der Waals surface area contributed by atoms with Crippen molar-refractivity contribution in [3.05, 3.63) is 66.5 Å². The van der Waals surface area contributed by atoms with Crippen molar-refractivity contribution in [2.75, 3.05) is 5.75 Å². The van der Waals surface area contributed by atoms with Crippen molar-refractivity contribution in [3.63, 3.8) is 0 Å². The van der Waals surface area contributed by atoms with Gasteiger partial charge in [-0.15, -0.1) is 10.2 Å². The maximum absolute atomic E-state index is 13.0. The molecule has 1 amide bonds. The molecule has 0 saturated carbocycles. The monoisotopic (exact) mass is 436 g/mol. The molecule has 1 fully saturated rings. The first-order valence-corrected chi connectivity index (χ1v) is 11.7. The molecule has 1 aliphatic heterocycles. The van der Waals surface area contributed by atoms with E-state index in [1.165, 1.54) is 18.2 Å². The summed E-state index contributed by atoms with van der Waals surface area (Å²) in [6, 6.07) is 20.2. The summed E-state index contributed by atoms with van der Waals surface area (Å²) < 4.78 is 7.88. The summed E-state index contributed by atoms with van der Waals surface area (Å²) in [5.74, 6) is 1.99. The van der Waals surface area contributed by atoms with Gasteiger partial charge in [-0.05, 0) is 57.4 Å². The fourth-order valence-electron chi connectivity index (χ4n) is 4.10. The lowest BCUT2D eigenvalue weighted by Gasteiger charge is -2.39. The maximum atomic E-state index is 13.0. The second kappa shape index (κ2) is 10.0. The highest BCUT2D eigenvalue weighted by Gasteiger charge is 2.29. The number of carbonyl (C=O) groups is 1. The molecule has 2 aromatic carbocycles. The molecule has 0 spiro atoms. The van der Waals surface area contributed by atoms with Crippen molar-refractivity contribution in [1.29, 1.82) is 0 Å². The lowest BCUT2D eigenvalue weighted by Crippen LogP contribution is -2.48. The van der Waals surface area contributed by atoms with Crippen molar-refractivity contribution >= 4 is 17.7 Å². The first kappa shape index (κ1) is 21.4. The zero-order valence-electron chi connectivity index (χ0n) is 18.0. The summed E-state index contributed by atoms with van der Waals surface area (Å²) in [5.41, 5.74) is 0.953. The number of rotatable bonds is 7. The number of carbonyl (C=O) groups excluding carboxylic acids is 1. The predicted octanol–water partition coefficient (Wildman–Crippen LogP) is 4.73. The smallest absolute Gasteiger partial charge is 0.233 e. The number of thioether (sulfide) groups is 1. The number of ether oxygens (including phenoxy) is 1. The van der Waals surface area contributed by atoms with Crippen LogP contribution in [0.15, 0.2) is 65.8 Å². The number of piperidine rings is 1. The zero-order chi connectivity index (χ0) is 21.6. The van der Waals surface area contributed by atoms with E-state index >= 15 is 0 Å². The van der Waals surface area contributed by atoms with E-state index in [2.05, 4.69) is 24.0 Å².